The van der Waals surface area contributed by atoms with Gasteiger partial charge in [-0.05, 0) is 55.8 Å². The van der Waals surface area contributed by atoms with Crippen molar-refractivity contribution in [1.82, 2.24) is 10.2 Å². The maximum Gasteiger partial charge on any atom is 0.319 e. The van der Waals surface area contributed by atoms with Crippen molar-refractivity contribution < 1.29 is 9.53 Å². The Morgan fingerprint density at radius 3 is 2.60 bits per heavy atom. The highest BCUT2D eigenvalue weighted by Gasteiger charge is 2.24. The van der Waals surface area contributed by atoms with Gasteiger partial charge >= 0.3 is 6.03 Å². The van der Waals surface area contributed by atoms with E-state index in [1.807, 2.05) is 42.5 Å². The third-order valence-electron chi connectivity index (χ3n) is 4.55. The first kappa shape index (κ1) is 17.3. The van der Waals surface area contributed by atoms with Gasteiger partial charge in [-0.1, -0.05) is 30.3 Å². The molecule has 25 heavy (non-hydrogen) atoms. The second kappa shape index (κ2) is 8.53. The molecule has 1 unspecified atom stereocenters. The molecule has 2 N–H and O–H groups in total. The number of rotatable bonds is 6. The molecule has 1 atom stereocenters. The van der Waals surface area contributed by atoms with Crippen LogP contribution in [0.25, 0.3) is 0 Å². The van der Waals surface area contributed by atoms with Gasteiger partial charge in [-0.15, -0.1) is 0 Å². The van der Waals surface area contributed by atoms with Gasteiger partial charge in [0.2, 0.25) is 0 Å². The molecule has 2 aromatic carbocycles. The van der Waals surface area contributed by atoms with Crippen molar-refractivity contribution in [2.24, 2.45) is 0 Å². The number of carbonyl (C=O) groups excluding carboxylic acids is 1. The van der Waals surface area contributed by atoms with Crippen LogP contribution in [0, 0.1) is 0 Å². The zero-order valence-corrected chi connectivity index (χ0v) is 14.6. The SMILES string of the molecule is COc1cccc(C(CNC(=O)Nc2ccccc2)N2CCCC2)c1. The third kappa shape index (κ3) is 4.73. The number of methoxy groups -OCH3 is 1. The van der Waals surface area contributed by atoms with Crippen LogP contribution in [0.15, 0.2) is 54.6 Å². The summed E-state index contributed by atoms with van der Waals surface area (Å²) in [7, 11) is 1.68. The topological polar surface area (TPSA) is 53.6 Å². The Hall–Kier alpha value is -2.53. The van der Waals surface area contributed by atoms with Crippen LogP contribution in [0.4, 0.5) is 10.5 Å². The number of carbonyl (C=O) groups is 1. The van der Waals surface area contributed by atoms with Crippen molar-refractivity contribution in [3.05, 3.63) is 60.2 Å². The first-order chi connectivity index (χ1) is 12.3. The molecule has 5 heteroatoms. The van der Waals surface area contributed by atoms with E-state index in [9.17, 15) is 4.79 Å². The molecule has 0 bridgehead atoms. The van der Waals surface area contributed by atoms with E-state index >= 15 is 0 Å². The summed E-state index contributed by atoms with van der Waals surface area (Å²) < 4.78 is 5.35. The van der Waals surface area contributed by atoms with Gasteiger partial charge in [0.05, 0.1) is 13.2 Å². The van der Waals surface area contributed by atoms with E-state index in [1.165, 1.54) is 18.4 Å². The molecule has 1 saturated heterocycles. The molecule has 132 valence electrons. The molecule has 1 fully saturated rings. The molecule has 0 aromatic heterocycles. The van der Waals surface area contributed by atoms with Crippen LogP contribution in [-0.2, 0) is 0 Å². The maximum absolute atomic E-state index is 12.2. The summed E-state index contributed by atoms with van der Waals surface area (Å²) in [6.07, 6.45) is 2.41. The average molecular weight is 339 g/mol. The lowest BCUT2D eigenvalue weighted by Crippen LogP contribution is -2.38. The van der Waals surface area contributed by atoms with Gasteiger partial charge in [0.25, 0.3) is 0 Å². The quantitative estimate of drug-likeness (QED) is 0.844. The van der Waals surface area contributed by atoms with Crippen LogP contribution in [0.1, 0.15) is 24.4 Å². The number of anilines is 1. The lowest BCUT2D eigenvalue weighted by molar-refractivity contribution is 0.227. The molecule has 0 spiro atoms. The van der Waals surface area contributed by atoms with Crippen molar-refractivity contribution in [2.75, 3.05) is 32.1 Å². The molecular weight excluding hydrogens is 314 g/mol. The highest BCUT2D eigenvalue weighted by molar-refractivity contribution is 5.89. The molecule has 2 aromatic rings. The molecule has 3 rings (SSSR count). The molecule has 2 amide bonds. The maximum atomic E-state index is 12.2. The van der Waals surface area contributed by atoms with Crippen molar-refractivity contribution in [3.63, 3.8) is 0 Å². The highest BCUT2D eigenvalue weighted by Crippen LogP contribution is 2.27. The van der Waals surface area contributed by atoms with Crippen molar-refractivity contribution in [1.29, 1.82) is 0 Å². The monoisotopic (exact) mass is 339 g/mol. The minimum absolute atomic E-state index is 0.152. The summed E-state index contributed by atoms with van der Waals surface area (Å²) in [5.74, 6) is 0.843. The average Bonchev–Trinajstić information content (AvgIpc) is 3.17. The van der Waals surface area contributed by atoms with E-state index in [1.54, 1.807) is 7.11 Å². The normalized spacial score (nSPS) is 15.6. The van der Waals surface area contributed by atoms with Crippen molar-refractivity contribution in [3.8, 4) is 5.75 Å². The summed E-state index contributed by atoms with van der Waals surface area (Å²) in [6.45, 7) is 2.68. The molecule has 1 heterocycles. The summed E-state index contributed by atoms with van der Waals surface area (Å²) >= 11 is 0. The van der Waals surface area contributed by atoms with Gasteiger partial charge in [-0.2, -0.15) is 0 Å². The molecule has 5 nitrogen and oxygen atoms in total. The lowest BCUT2D eigenvalue weighted by Gasteiger charge is -2.28. The number of ether oxygens (including phenoxy) is 1. The van der Waals surface area contributed by atoms with Gasteiger partial charge in [0, 0.05) is 12.2 Å². The van der Waals surface area contributed by atoms with E-state index in [2.05, 4.69) is 27.7 Å². The number of nitrogens with one attached hydrogen (secondary N) is 2. The van der Waals surface area contributed by atoms with Gasteiger partial charge in [-0.25, -0.2) is 4.79 Å². The van der Waals surface area contributed by atoms with Crippen molar-refractivity contribution >= 4 is 11.7 Å². The standard InChI is InChI=1S/C20H25N3O2/c1-25-18-11-7-8-16(14-18)19(23-12-5-6-13-23)15-21-20(24)22-17-9-3-2-4-10-17/h2-4,7-11,14,19H,5-6,12-13,15H2,1H3,(H2,21,22,24). The summed E-state index contributed by atoms with van der Waals surface area (Å²) in [5, 5.41) is 5.88. The fourth-order valence-electron chi connectivity index (χ4n) is 3.25. The Kier molecular flexibility index (Phi) is 5.90. The predicted octanol–water partition coefficient (Wildman–Crippen LogP) is 3.65. The Balaban J connectivity index is 1.66. The Labute approximate surface area is 149 Å². The van der Waals surface area contributed by atoms with Crippen LogP contribution < -0.4 is 15.4 Å². The number of para-hydroxylation sites is 1. The molecule has 0 saturated carbocycles. The molecule has 0 aliphatic carbocycles. The van der Waals surface area contributed by atoms with E-state index in [0.29, 0.717) is 6.54 Å². The molecule has 1 aliphatic heterocycles. The zero-order valence-electron chi connectivity index (χ0n) is 14.6. The van der Waals surface area contributed by atoms with E-state index in [0.717, 1.165) is 24.5 Å². The van der Waals surface area contributed by atoms with E-state index in [4.69, 9.17) is 4.74 Å². The molecule has 1 aliphatic rings. The summed E-state index contributed by atoms with van der Waals surface area (Å²) in [6, 6.07) is 17.5. The predicted molar refractivity (Wildman–Crippen MR) is 100 cm³/mol. The number of hydrogen-bond acceptors (Lipinski definition) is 3. The van der Waals surface area contributed by atoms with Crippen LogP contribution >= 0.6 is 0 Å². The first-order valence-corrected chi connectivity index (χ1v) is 8.74. The van der Waals surface area contributed by atoms with Crippen LogP contribution in [0.2, 0.25) is 0 Å². The molecule has 0 radical (unpaired) electrons. The third-order valence-corrected chi connectivity index (χ3v) is 4.55. The van der Waals surface area contributed by atoms with E-state index in [-0.39, 0.29) is 12.1 Å². The van der Waals surface area contributed by atoms with Crippen LogP contribution in [0.5, 0.6) is 5.75 Å². The van der Waals surface area contributed by atoms with Gasteiger partial charge in [0.1, 0.15) is 5.75 Å². The Morgan fingerprint density at radius 2 is 1.88 bits per heavy atom. The highest BCUT2D eigenvalue weighted by atomic mass is 16.5. The van der Waals surface area contributed by atoms with E-state index < -0.39 is 0 Å². The second-order valence-electron chi connectivity index (χ2n) is 6.24. The van der Waals surface area contributed by atoms with Gasteiger partial charge < -0.3 is 15.4 Å². The zero-order chi connectivity index (χ0) is 17.5. The number of urea groups is 1. The Morgan fingerprint density at radius 1 is 1.12 bits per heavy atom. The number of hydrogen-bond donors (Lipinski definition) is 2. The number of amides is 2. The summed E-state index contributed by atoms with van der Waals surface area (Å²) in [4.78, 5) is 14.6. The first-order valence-electron chi connectivity index (χ1n) is 8.74. The van der Waals surface area contributed by atoms with Crippen LogP contribution in [-0.4, -0.2) is 37.7 Å². The second-order valence-corrected chi connectivity index (χ2v) is 6.24. The molecular formula is C20H25N3O2. The van der Waals surface area contributed by atoms with Crippen molar-refractivity contribution in [2.45, 2.75) is 18.9 Å². The number of benzene rings is 2. The smallest absolute Gasteiger partial charge is 0.319 e. The minimum atomic E-state index is -0.182. The van der Waals surface area contributed by atoms with Gasteiger partial charge in [0.15, 0.2) is 0 Å². The minimum Gasteiger partial charge on any atom is -0.497 e. The largest absolute Gasteiger partial charge is 0.497 e. The fourth-order valence-corrected chi connectivity index (χ4v) is 3.25. The summed E-state index contributed by atoms with van der Waals surface area (Å²) in [5.41, 5.74) is 1.96. The van der Waals surface area contributed by atoms with Crippen LogP contribution in [0.3, 0.4) is 0 Å². The number of likely N-dealkylation sites (tertiary alicyclic amines) is 1. The fraction of sp³-hybridized carbons (Fsp3) is 0.350. The lowest BCUT2D eigenvalue weighted by atomic mass is 10.1. The Bertz CT molecular complexity index is 684. The van der Waals surface area contributed by atoms with Gasteiger partial charge in [-0.3, -0.25) is 4.90 Å². The number of nitrogens with zero attached hydrogens (tertiary/aromatic N) is 1.